The number of carboxylic acid groups (broad SMARTS) is 1. The van der Waals surface area contributed by atoms with Crippen molar-refractivity contribution in [3.8, 4) is 5.75 Å². The third-order valence-electron chi connectivity index (χ3n) is 6.13. The third kappa shape index (κ3) is 6.98. The Balaban J connectivity index is 1.47. The molecule has 2 aromatic rings. The van der Waals surface area contributed by atoms with Crippen molar-refractivity contribution < 1.29 is 23.8 Å². The second kappa shape index (κ2) is 11.9. The van der Waals surface area contributed by atoms with Crippen molar-refractivity contribution in [3.63, 3.8) is 0 Å². The van der Waals surface area contributed by atoms with Gasteiger partial charge in [-0.3, -0.25) is 4.79 Å². The van der Waals surface area contributed by atoms with E-state index >= 15 is 0 Å². The van der Waals surface area contributed by atoms with E-state index in [1.807, 2.05) is 0 Å². The summed E-state index contributed by atoms with van der Waals surface area (Å²) in [6.45, 7) is 2.95. The van der Waals surface area contributed by atoms with Crippen LogP contribution < -0.4 is 21.1 Å². The van der Waals surface area contributed by atoms with Gasteiger partial charge in [-0.25, -0.2) is 9.18 Å². The van der Waals surface area contributed by atoms with Gasteiger partial charge in [0, 0.05) is 19.2 Å². The molecule has 0 spiro atoms. The minimum atomic E-state index is -1.11. The Bertz CT molecular complexity index is 997. The maximum atomic E-state index is 13.2. The number of carbonyl (C=O) groups excluding carboxylic acids is 1. The first-order chi connectivity index (χ1) is 16.3. The monoisotopic (exact) mass is 492 g/mol. The Labute approximate surface area is 203 Å². The number of hydrogen-bond acceptors (Lipinski definition) is 5. The van der Waals surface area contributed by atoms with Crippen molar-refractivity contribution in [1.29, 1.82) is 0 Å². The van der Waals surface area contributed by atoms with E-state index in [1.54, 1.807) is 12.1 Å². The zero-order valence-electron chi connectivity index (χ0n) is 19.0. The standard InChI is InChI=1S/C24H30ClFN4O4/c1-34-22-13-20(27)19(25)12-18(22)23(31)28-14-15-6-9-30(10-7-15)11-8-21(29-24(32)33)16-2-4-17(26)5-3-16/h2-5,12-13,15,21,29H,6-11,14,27H2,1H3,(H,28,31)(H,32,33). The van der Waals surface area contributed by atoms with Gasteiger partial charge in [0.15, 0.2) is 0 Å². The highest BCUT2D eigenvalue weighted by molar-refractivity contribution is 6.33. The molecule has 1 aliphatic rings. The van der Waals surface area contributed by atoms with Gasteiger partial charge in [0.25, 0.3) is 5.91 Å². The van der Waals surface area contributed by atoms with Crippen LogP contribution in [0.25, 0.3) is 0 Å². The number of amides is 2. The fraction of sp³-hybridized carbons (Fsp3) is 0.417. The van der Waals surface area contributed by atoms with Gasteiger partial charge < -0.3 is 31.1 Å². The maximum Gasteiger partial charge on any atom is 0.405 e. The number of carbonyl (C=O) groups is 2. The van der Waals surface area contributed by atoms with Crippen LogP contribution in [0.4, 0.5) is 14.9 Å². The van der Waals surface area contributed by atoms with Gasteiger partial charge in [0.2, 0.25) is 0 Å². The Hall–Kier alpha value is -3.04. The first-order valence-electron chi connectivity index (χ1n) is 11.1. The average molecular weight is 493 g/mol. The van der Waals surface area contributed by atoms with Crippen LogP contribution in [0.5, 0.6) is 5.75 Å². The number of nitrogens with zero attached hydrogens (tertiary/aromatic N) is 1. The highest BCUT2D eigenvalue weighted by atomic mass is 35.5. The zero-order chi connectivity index (χ0) is 24.7. The Morgan fingerprint density at radius 1 is 1.26 bits per heavy atom. The van der Waals surface area contributed by atoms with Gasteiger partial charge in [-0.15, -0.1) is 0 Å². The minimum Gasteiger partial charge on any atom is -0.496 e. The van der Waals surface area contributed by atoms with E-state index in [9.17, 15) is 14.0 Å². The number of rotatable bonds is 9. The van der Waals surface area contributed by atoms with Crippen LogP contribution in [0, 0.1) is 11.7 Å². The molecule has 0 saturated carbocycles. The summed E-state index contributed by atoms with van der Waals surface area (Å²) < 4.78 is 18.5. The first kappa shape index (κ1) is 25.6. The van der Waals surface area contributed by atoms with E-state index in [2.05, 4.69) is 15.5 Å². The van der Waals surface area contributed by atoms with E-state index in [1.165, 1.54) is 31.4 Å². The zero-order valence-corrected chi connectivity index (χ0v) is 19.8. The molecule has 5 N–H and O–H groups in total. The number of methoxy groups -OCH3 is 1. The summed E-state index contributed by atoms with van der Waals surface area (Å²) >= 11 is 6.06. The van der Waals surface area contributed by atoms with E-state index in [0.717, 1.165) is 31.5 Å². The fourth-order valence-electron chi connectivity index (χ4n) is 4.14. The van der Waals surface area contributed by atoms with Crippen LogP contribution in [-0.4, -0.2) is 55.3 Å². The second-order valence-electron chi connectivity index (χ2n) is 8.41. The molecule has 1 atom stereocenters. The van der Waals surface area contributed by atoms with E-state index in [4.69, 9.17) is 27.2 Å². The van der Waals surface area contributed by atoms with Crippen molar-refractivity contribution in [2.75, 3.05) is 39.0 Å². The predicted molar refractivity (Wildman–Crippen MR) is 129 cm³/mol. The number of hydrogen-bond donors (Lipinski definition) is 4. The van der Waals surface area contributed by atoms with E-state index in [0.29, 0.717) is 47.5 Å². The van der Waals surface area contributed by atoms with E-state index < -0.39 is 12.1 Å². The lowest BCUT2D eigenvalue weighted by atomic mass is 9.96. The molecule has 1 saturated heterocycles. The van der Waals surface area contributed by atoms with Crippen molar-refractivity contribution in [1.82, 2.24) is 15.5 Å². The van der Waals surface area contributed by atoms with Crippen LogP contribution in [0.1, 0.15) is 41.2 Å². The largest absolute Gasteiger partial charge is 0.496 e. The van der Waals surface area contributed by atoms with Gasteiger partial charge >= 0.3 is 6.09 Å². The molecule has 2 aromatic carbocycles. The number of likely N-dealkylation sites (tertiary alicyclic amines) is 1. The van der Waals surface area contributed by atoms with Gasteiger partial charge in [-0.05, 0) is 62.0 Å². The van der Waals surface area contributed by atoms with Gasteiger partial charge in [0.05, 0.1) is 29.4 Å². The van der Waals surface area contributed by atoms with E-state index in [-0.39, 0.29) is 11.7 Å². The SMILES string of the molecule is COc1cc(N)c(Cl)cc1C(=O)NCC1CCN(CCC(NC(=O)O)c2ccc(F)cc2)CC1. The molecule has 3 rings (SSSR count). The topological polar surface area (TPSA) is 117 Å². The molecule has 8 nitrogen and oxygen atoms in total. The number of benzene rings is 2. The van der Waals surface area contributed by atoms with Crippen molar-refractivity contribution in [3.05, 3.63) is 58.4 Å². The van der Waals surface area contributed by atoms with Crippen molar-refractivity contribution in [2.24, 2.45) is 5.92 Å². The number of anilines is 1. The highest BCUT2D eigenvalue weighted by Crippen LogP contribution is 2.29. The van der Waals surface area contributed by atoms with Crippen molar-refractivity contribution in [2.45, 2.75) is 25.3 Å². The van der Waals surface area contributed by atoms with Gasteiger partial charge in [-0.2, -0.15) is 0 Å². The summed E-state index contributed by atoms with van der Waals surface area (Å²) in [7, 11) is 1.47. The number of halogens is 2. The number of ether oxygens (including phenoxy) is 1. The lowest BCUT2D eigenvalue weighted by Gasteiger charge is -2.33. The average Bonchev–Trinajstić information content (AvgIpc) is 2.82. The summed E-state index contributed by atoms with van der Waals surface area (Å²) in [5.41, 5.74) is 7.21. The first-order valence-corrected chi connectivity index (χ1v) is 11.5. The molecule has 1 heterocycles. The summed E-state index contributed by atoms with van der Waals surface area (Å²) in [4.78, 5) is 26.1. The van der Waals surface area contributed by atoms with Gasteiger partial charge in [0.1, 0.15) is 11.6 Å². The molecule has 0 aliphatic carbocycles. The Kier molecular flexibility index (Phi) is 8.95. The summed E-state index contributed by atoms with van der Waals surface area (Å²) in [5, 5.41) is 14.9. The molecule has 34 heavy (non-hydrogen) atoms. The molecule has 2 amide bonds. The molecule has 0 aromatic heterocycles. The van der Waals surface area contributed by atoms with Crippen LogP contribution >= 0.6 is 11.6 Å². The molecule has 10 heteroatoms. The van der Waals surface area contributed by atoms with Crippen LogP contribution in [0.15, 0.2) is 36.4 Å². The lowest BCUT2D eigenvalue weighted by molar-refractivity contribution is 0.0932. The molecule has 0 radical (unpaired) electrons. The molecule has 1 aliphatic heterocycles. The van der Waals surface area contributed by atoms with Crippen LogP contribution in [0.3, 0.4) is 0 Å². The lowest BCUT2D eigenvalue weighted by Crippen LogP contribution is -2.40. The maximum absolute atomic E-state index is 13.2. The molecule has 1 unspecified atom stereocenters. The normalized spacial score (nSPS) is 15.5. The second-order valence-corrected chi connectivity index (χ2v) is 8.82. The predicted octanol–water partition coefficient (Wildman–Crippen LogP) is 3.91. The third-order valence-corrected chi connectivity index (χ3v) is 6.45. The molecular weight excluding hydrogens is 463 g/mol. The molecule has 184 valence electrons. The number of piperidine rings is 1. The van der Waals surface area contributed by atoms with Crippen LogP contribution in [-0.2, 0) is 0 Å². The van der Waals surface area contributed by atoms with Crippen LogP contribution in [0.2, 0.25) is 5.02 Å². The number of nitrogens with two attached hydrogens (primary N) is 1. The van der Waals surface area contributed by atoms with Crippen molar-refractivity contribution >= 4 is 29.3 Å². The Morgan fingerprint density at radius 2 is 1.94 bits per heavy atom. The summed E-state index contributed by atoms with van der Waals surface area (Å²) in [5.74, 6) is 0.0911. The fourth-order valence-corrected chi connectivity index (χ4v) is 4.30. The summed E-state index contributed by atoms with van der Waals surface area (Å²) in [6.07, 6.45) is 1.29. The number of nitrogen functional groups attached to an aromatic ring is 1. The highest BCUT2D eigenvalue weighted by Gasteiger charge is 2.23. The molecule has 0 bridgehead atoms. The molecule has 1 fully saturated rings. The summed E-state index contributed by atoms with van der Waals surface area (Å²) in [6, 6.07) is 8.52. The van der Waals surface area contributed by atoms with Gasteiger partial charge in [-0.1, -0.05) is 23.7 Å². The number of nitrogens with one attached hydrogen (secondary N) is 2. The smallest absolute Gasteiger partial charge is 0.405 e. The minimum absolute atomic E-state index is 0.261. The molecular formula is C24H30ClFN4O4. The quantitative estimate of drug-likeness (QED) is 0.394. The Morgan fingerprint density at radius 3 is 2.56 bits per heavy atom.